The number of rotatable bonds is 6. The molecular weight excluding hydrogens is 300 g/mol. The second kappa shape index (κ2) is 7.61. The van der Waals surface area contributed by atoms with Crippen LogP contribution in [0.15, 0.2) is 24.3 Å². The summed E-state index contributed by atoms with van der Waals surface area (Å²) in [4.78, 5) is 17.4. The van der Waals surface area contributed by atoms with Crippen LogP contribution in [0.4, 0.5) is 0 Å². The lowest BCUT2D eigenvalue weighted by atomic mass is 10.1. The zero-order valence-electron chi connectivity index (χ0n) is 12.6. The van der Waals surface area contributed by atoms with Crippen molar-refractivity contribution in [3.8, 4) is 10.6 Å². The second-order valence-electron chi connectivity index (χ2n) is 4.73. The van der Waals surface area contributed by atoms with E-state index in [0.717, 1.165) is 28.4 Å². The summed E-state index contributed by atoms with van der Waals surface area (Å²) in [5.41, 5.74) is 3.18. The molecular formula is C16H20N2OS2. The van der Waals surface area contributed by atoms with E-state index in [2.05, 4.69) is 41.5 Å². The van der Waals surface area contributed by atoms with E-state index >= 15 is 0 Å². The number of benzene rings is 1. The standard InChI is InChI=1S/C16H20N2OS2/c1-4-12-5-7-13(8-6-12)16-18-11(2)14(21-16)15(19)17-9-10-20-3/h5-8H,4,9-10H2,1-3H3,(H,17,19). The van der Waals surface area contributed by atoms with Gasteiger partial charge in [0.25, 0.3) is 5.91 Å². The SMILES string of the molecule is CCc1ccc(-c2nc(C)c(C(=O)NCCSC)s2)cc1. The fourth-order valence-corrected chi connectivity index (χ4v) is 3.25. The Balaban J connectivity index is 2.15. The molecule has 2 aromatic rings. The van der Waals surface area contributed by atoms with Gasteiger partial charge in [-0.1, -0.05) is 31.2 Å². The fourth-order valence-electron chi connectivity index (χ4n) is 1.96. The highest BCUT2D eigenvalue weighted by atomic mass is 32.2. The lowest BCUT2D eigenvalue weighted by molar-refractivity contribution is 0.0959. The van der Waals surface area contributed by atoms with Crippen LogP contribution in [0.3, 0.4) is 0 Å². The Morgan fingerprint density at radius 3 is 2.67 bits per heavy atom. The van der Waals surface area contributed by atoms with Crippen LogP contribution in [-0.4, -0.2) is 29.4 Å². The molecule has 0 saturated heterocycles. The molecule has 1 aromatic carbocycles. The maximum absolute atomic E-state index is 12.1. The maximum Gasteiger partial charge on any atom is 0.263 e. The van der Waals surface area contributed by atoms with Crippen molar-refractivity contribution in [1.82, 2.24) is 10.3 Å². The molecule has 1 N–H and O–H groups in total. The number of hydrogen-bond acceptors (Lipinski definition) is 4. The van der Waals surface area contributed by atoms with Gasteiger partial charge in [-0.05, 0) is 25.2 Å². The Bertz CT molecular complexity index is 605. The number of carbonyl (C=O) groups is 1. The number of thiazole rings is 1. The summed E-state index contributed by atoms with van der Waals surface area (Å²) in [6, 6.07) is 8.38. The summed E-state index contributed by atoms with van der Waals surface area (Å²) < 4.78 is 0. The number of nitrogens with zero attached hydrogens (tertiary/aromatic N) is 1. The van der Waals surface area contributed by atoms with Gasteiger partial charge in [0, 0.05) is 17.9 Å². The van der Waals surface area contributed by atoms with Gasteiger partial charge in [0.15, 0.2) is 0 Å². The third-order valence-electron chi connectivity index (χ3n) is 3.20. The average Bonchev–Trinajstić information content (AvgIpc) is 2.89. The normalized spacial score (nSPS) is 10.6. The van der Waals surface area contributed by atoms with E-state index in [-0.39, 0.29) is 5.91 Å². The molecule has 0 aliphatic rings. The van der Waals surface area contributed by atoms with E-state index in [4.69, 9.17) is 0 Å². The van der Waals surface area contributed by atoms with Crippen molar-refractivity contribution < 1.29 is 4.79 Å². The molecule has 0 atom stereocenters. The molecule has 0 aliphatic carbocycles. The molecule has 3 nitrogen and oxygen atoms in total. The molecule has 2 rings (SSSR count). The van der Waals surface area contributed by atoms with Gasteiger partial charge < -0.3 is 5.32 Å². The predicted molar refractivity (Wildman–Crippen MR) is 92.4 cm³/mol. The highest BCUT2D eigenvalue weighted by Crippen LogP contribution is 2.28. The molecule has 1 heterocycles. The first kappa shape index (κ1) is 16.0. The van der Waals surface area contributed by atoms with E-state index in [1.165, 1.54) is 16.9 Å². The molecule has 5 heteroatoms. The van der Waals surface area contributed by atoms with E-state index in [1.807, 2.05) is 13.2 Å². The van der Waals surface area contributed by atoms with Crippen LogP contribution in [0.5, 0.6) is 0 Å². The Morgan fingerprint density at radius 1 is 1.33 bits per heavy atom. The van der Waals surface area contributed by atoms with Crippen LogP contribution in [-0.2, 0) is 6.42 Å². The van der Waals surface area contributed by atoms with Gasteiger partial charge in [-0.2, -0.15) is 11.8 Å². The maximum atomic E-state index is 12.1. The molecule has 0 radical (unpaired) electrons. The number of thioether (sulfide) groups is 1. The van der Waals surface area contributed by atoms with Crippen molar-refractivity contribution in [2.45, 2.75) is 20.3 Å². The lowest BCUT2D eigenvalue weighted by Crippen LogP contribution is -2.25. The summed E-state index contributed by atoms with van der Waals surface area (Å²) in [5.74, 6) is 0.907. The summed E-state index contributed by atoms with van der Waals surface area (Å²) in [5, 5.41) is 3.84. The Labute approximate surface area is 134 Å². The number of nitrogens with one attached hydrogen (secondary N) is 1. The number of aromatic nitrogens is 1. The molecule has 0 fully saturated rings. The summed E-state index contributed by atoms with van der Waals surface area (Å²) in [7, 11) is 0. The molecule has 0 unspecified atom stereocenters. The number of hydrogen-bond donors (Lipinski definition) is 1. The minimum Gasteiger partial charge on any atom is -0.350 e. The largest absolute Gasteiger partial charge is 0.350 e. The Kier molecular flexibility index (Phi) is 5.82. The van der Waals surface area contributed by atoms with Crippen molar-refractivity contribution in [2.75, 3.05) is 18.6 Å². The van der Waals surface area contributed by atoms with Crippen LogP contribution in [0.25, 0.3) is 10.6 Å². The Hall–Kier alpha value is -1.33. The van der Waals surface area contributed by atoms with Crippen LogP contribution in [0.1, 0.15) is 27.9 Å². The summed E-state index contributed by atoms with van der Waals surface area (Å²) in [6.07, 6.45) is 3.06. The monoisotopic (exact) mass is 320 g/mol. The first-order chi connectivity index (χ1) is 10.2. The van der Waals surface area contributed by atoms with E-state index < -0.39 is 0 Å². The van der Waals surface area contributed by atoms with Gasteiger partial charge in [0.2, 0.25) is 0 Å². The van der Waals surface area contributed by atoms with Crippen molar-refractivity contribution in [1.29, 1.82) is 0 Å². The zero-order chi connectivity index (χ0) is 15.2. The Morgan fingerprint density at radius 2 is 2.05 bits per heavy atom. The average molecular weight is 320 g/mol. The van der Waals surface area contributed by atoms with Crippen LogP contribution in [0.2, 0.25) is 0 Å². The smallest absolute Gasteiger partial charge is 0.263 e. The van der Waals surface area contributed by atoms with E-state index in [9.17, 15) is 4.79 Å². The molecule has 0 bridgehead atoms. The number of carbonyl (C=O) groups excluding carboxylic acids is 1. The van der Waals surface area contributed by atoms with E-state index in [0.29, 0.717) is 11.4 Å². The summed E-state index contributed by atoms with van der Waals surface area (Å²) >= 11 is 3.18. The quantitative estimate of drug-likeness (QED) is 0.824. The third-order valence-corrected chi connectivity index (χ3v) is 5.02. The highest BCUT2D eigenvalue weighted by Gasteiger charge is 2.15. The van der Waals surface area contributed by atoms with Gasteiger partial charge in [-0.15, -0.1) is 11.3 Å². The van der Waals surface area contributed by atoms with Crippen molar-refractivity contribution in [2.24, 2.45) is 0 Å². The van der Waals surface area contributed by atoms with Crippen molar-refractivity contribution in [3.05, 3.63) is 40.4 Å². The zero-order valence-corrected chi connectivity index (χ0v) is 14.2. The molecule has 0 saturated carbocycles. The van der Waals surface area contributed by atoms with Gasteiger partial charge in [0.05, 0.1) is 5.69 Å². The predicted octanol–water partition coefficient (Wildman–Crippen LogP) is 3.77. The van der Waals surface area contributed by atoms with Gasteiger partial charge >= 0.3 is 0 Å². The van der Waals surface area contributed by atoms with Crippen LogP contribution < -0.4 is 5.32 Å². The minimum absolute atomic E-state index is 0.0181. The van der Waals surface area contributed by atoms with Gasteiger partial charge in [-0.3, -0.25) is 4.79 Å². The molecule has 0 spiro atoms. The van der Waals surface area contributed by atoms with Crippen molar-refractivity contribution in [3.63, 3.8) is 0 Å². The van der Waals surface area contributed by atoms with E-state index in [1.54, 1.807) is 11.8 Å². The summed E-state index contributed by atoms with van der Waals surface area (Å²) in [6.45, 7) is 4.72. The number of aryl methyl sites for hydroxylation is 2. The van der Waals surface area contributed by atoms with Gasteiger partial charge in [-0.25, -0.2) is 4.98 Å². The second-order valence-corrected chi connectivity index (χ2v) is 6.72. The third kappa shape index (κ3) is 4.08. The first-order valence-electron chi connectivity index (χ1n) is 6.99. The topological polar surface area (TPSA) is 42.0 Å². The van der Waals surface area contributed by atoms with Crippen LogP contribution >= 0.6 is 23.1 Å². The molecule has 112 valence electrons. The molecule has 0 aliphatic heterocycles. The number of amides is 1. The molecule has 1 amide bonds. The molecule has 21 heavy (non-hydrogen) atoms. The van der Waals surface area contributed by atoms with Crippen LogP contribution in [0, 0.1) is 6.92 Å². The fraction of sp³-hybridized carbons (Fsp3) is 0.375. The highest BCUT2D eigenvalue weighted by molar-refractivity contribution is 7.98. The van der Waals surface area contributed by atoms with Gasteiger partial charge in [0.1, 0.15) is 9.88 Å². The molecule has 1 aromatic heterocycles. The lowest BCUT2D eigenvalue weighted by Gasteiger charge is -2.01. The van der Waals surface area contributed by atoms with Crippen molar-refractivity contribution >= 4 is 29.0 Å². The minimum atomic E-state index is -0.0181. The first-order valence-corrected chi connectivity index (χ1v) is 9.20.